The third-order valence-electron chi connectivity index (χ3n) is 4.87. The van der Waals surface area contributed by atoms with Crippen molar-refractivity contribution in [3.8, 4) is 0 Å². The molecule has 0 radical (unpaired) electrons. The van der Waals surface area contributed by atoms with Crippen LogP contribution in [0.5, 0.6) is 0 Å². The molecule has 2 heterocycles. The first kappa shape index (κ1) is 15.8. The van der Waals surface area contributed by atoms with Crippen LogP contribution in [0, 0.1) is 5.82 Å². The lowest BCUT2D eigenvalue weighted by Crippen LogP contribution is -2.46. The summed E-state index contributed by atoms with van der Waals surface area (Å²) in [5.74, 6) is -0.215. The monoisotopic (exact) mass is 339 g/mol. The molecule has 1 amide bonds. The molecule has 0 saturated carbocycles. The fourth-order valence-corrected chi connectivity index (χ4v) is 3.40. The molecule has 0 bridgehead atoms. The highest BCUT2D eigenvalue weighted by Crippen LogP contribution is 2.34. The molecule has 2 aromatic carbocycles. The van der Waals surface area contributed by atoms with Crippen molar-refractivity contribution < 1.29 is 13.9 Å². The van der Waals surface area contributed by atoms with Gasteiger partial charge in [0.1, 0.15) is 5.82 Å². The highest BCUT2D eigenvalue weighted by Gasteiger charge is 2.43. The van der Waals surface area contributed by atoms with Gasteiger partial charge in [0.2, 0.25) is 5.95 Å². The van der Waals surface area contributed by atoms with Gasteiger partial charge in [-0.1, -0.05) is 30.3 Å². The molecule has 1 aliphatic heterocycles. The summed E-state index contributed by atoms with van der Waals surface area (Å²) in [5, 5.41) is 0. The number of carbonyl (C=O) groups is 1. The second-order valence-corrected chi connectivity index (χ2v) is 6.23. The number of carbonyl (C=O) groups excluding carboxylic acids is 1. The van der Waals surface area contributed by atoms with E-state index in [4.69, 9.17) is 4.74 Å². The van der Waals surface area contributed by atoms with Gasteiger partial charge in [-0.15, -0.1) is 0 Å². The molecular weight excluding hydrogens is 321 g/mol. The molecule has 6 heteroatoms. The zero-order valence-electron chi connectivity index (χ0n) is 14.1. The molecule has 1 atom stereocenters. The minimum absolute atomic E-state index is 0.220. The smallest absolute Gasteiger partial charge is 0.266 e. The summed E-state index contributed by atoms with van der Waals surface area (Å²) in [5.41, 5.74) is 0.619. The first-order valence-corrected chi connectivity index (χ1v) is 8.13. The topological polar surface area (TPSA) is 47.4 Å². The van der Waals surface area contributed by atoms with E-state index in [1.807, 2.05) is 28.8 Å². The Hall–Kier alpha value is -2.73. The quantitative estimate of drug-likeness (QED) is 0.737. The maximum atomic E-state index is 14.3. The van der Waals surface area contributed by atoms with Crippen molar-refractivity contribution in [2.24, 2.45) is 0 Å². The lowest BCUT2D eigenvalue weighted by molar-refractivity contribution is -0.140. The van der Waals surface area contributed by atoms with Gasteiger partial charge in [-0.25, -0.2) is 9.37 Å². The normalized spacial score (nSPS) is 16.0. The molecule has 1 aromatic heterocycles. The Morgan fingerprint density at radius 3 is 2.64 bits per heavy atom. The summed E-state index contributed by atoms with van der Waals surface area (Å²) in [6, 6.07) is 13.9. The number of imidazole rings is 1. The van der Waals surface area contributed by atoms with Gasteiger partial charge >= 0.3 is 0 Å². The van der Waals surface area contributed by atoms with Crippen LogP contribution in [0.4, 0.5) is 10.3 Å². The Kier molecular flexibility index (Phi) is 3.58. The van der Waals surface area contributed by atoms with Crippen molar-refractivity contribution in [3.05, 3.63) is 59.9 Å². The van der Waals surface area contributed by atoms with E-state index in [9.17, 15) is 9.18 Å². The molecule has 4 rings (SSSR count). The SMILES string of the molecule is CO[C@@](C)(C(=O)N1CCn2c1nc1ccccc12)c1ccccc1F. The second-order valence-electron chi connectivity index (χ2n) is 6.23. The van der Waals surface area contributed by atoms with E-state index in [2.05, 4.69) is 4.98 Å². The highest BCUT2D eigenvalue weighted by atomic mass is 19.1. The van der Waals surface area contributed by atoms with E-state index in [-0.39, 0.29) is 11.5 Å². The minimum Gasteiger partial charge on any atom is -0.364 e. The molecule has 25 heavy (non-hydrogen) atoms. The number of benzene rings is 2. The number of rotatable bonds is 3. The average Bonchev–Trinajstić information content (AvgIpc) is 3.20. The maximum absolute atomic E-state index is 14.3. The van der Waals surface area contributed by atoms with Crippen LogP contribution < -0.4 is 4.90 Å². The zero-order valence-corrected chi connectivity index (χ0v) is 14.1. The summed E-state index contributed by atoms with van der Waals surface area (Å²) in [6.07, 6.45) is 0. The third-order valence-corrected chi connectivity index (χ3v) is 4.87. The fraction of sp³-hybridized carbons (Fsp3) is 0.263. The van der Waals surface area contributed by atoms with Crippen LogP contribution in [0.25, 0.3) is 11.0 Å². The zero-order chi connectivity index (χ0) is 17.6. The number of halogens is 1. The molecule has 0 spiro atoms. The van der Waals surface area contributed by atoms with Crippen LogP contribution in [-0.4, -0.2) is 29.1 Å². The number of ether oxygens (including phenoxy) is 1. The van der Waals surface area contributed by atoms with Crippen molar-refractivity contribution >= 4 is 22.9 Å². The van der Waals surface area contributed by atoms with Crippen LogP contribution in [0.15, 0.2) is 48.5 Å². The van der Waals surface area contributed by atoms with Crippen molar-refractivity contribution in [2.75, 3.05) is 18.6 Å². The van der Waals surface area contributed by atoms with Gasteiger partial charge in [0.15, 0.2) is 5.60 Å². The number of hydrogen-bond acceptors (Lipinski definition) is 3. The predicted molar refractivity (Wildman–Crippen MR) is 92.8 cm³/mol. The summed E-state index contributed by atoms with van der Waals surface area (Å²) in [7, 11) is 1.42. The van der Waals surface area contributed by atoms with Crippen LogP contribution in [-0.2, 0) is 21.7 Å². The molecule has 0 N–H and O–H groups in total. The van der Waals surface area contributed by atoms with E-state index >= 15 is 0 Å². The fourth-order valence-electron chi connectivity index (χ4n) is 3.40. The van der Waals surface area contributed by atoms with Crippen LogP contribution in [0.1, 0.15) is 12.5 Å². The number of methoxy groups -OCH3 is 1. The predicted octanol–water partition coefficient (Wildman–Crippen LogP) is 3.08. The van der Waals surface area contributed by atoms with Gasteiger partial charge in [0.05, 0.1) is 11.0 Å². The first-order chi connectivity index (χ1) is 12.1. The molecule has 128 valence electrons. The number of nitrogens with zero attached hydrogens (tertiary/aromatic N) is 3. The second kappa shape index (κ2) is 5.67. The molecule has 0 saturated heterocycles. The number of fused-ring (bicyclic) bond motifs is 3. The van der Waals surface area contributed by atoms with Crippen molar-refractivity contribution in [1.29, 1.82) is 0 Å². The van der Waals surface area contributed by atoms with Crippen LogP contribution in [0.3, 0.4) is 0 Å². The Morgan fingerprint density at radius 2 is 1.88 bits per heavy atom. The Bertz CT molecular complexity index is 968. The molecule has 1 aliphatic rings. The summed E-state index contributed by atoms with van der Waals surface area (Å²) in [4.78, 5) is 19.4. The number of anilines is 1. The number of aromatic nitrogens is 2. The van der Waals surface area contributed by atoms with Crippen molar-refractivity contribution in [3.63, 3.8) is 0 Å². The van der Waals surface area contributed by atoms with E-state index in [1.165, 1.54) is 13.2 Å². The number of amides is 1. The van der Waals surface area contributed by atoms with Crippen LogP contribution in [0.2, 0.25) is 0 Å². The third kappa shape index (κ3) is 2.25. The summed E-state index contributed by atoms with van der Waals surface area (Å²) in [6.45, 7) is 2.73. The molecule has 3 aromatic rings. The Labute approximate surface area is 144 Å². The van der Waals surface area contributed by atoms with Gasteiger partial charge in [-0.05, 0) is 25.1 Å². The van der Waals surface area contributed by atoms with Gasteiger partial charge in [0.25, 0.3) is 5.91 Å². The largest absolute Gasteiger partial charge is 0.364 e. The maximum Gasteiger partial charge on any atom is 0.266 e. The highest BCUT2D eigenvalue weighted by molar-refractivity contribution is 6.00. The van der Waals surface area contributed by atoms with Crippen LogP contribution >= 0.6 is 0 Å². The average molecular weight is 339 g/mol. The van der Waals surface area contributed by atoms with E-state index in [0.29, 0.717) is 19.0 Å². The molecule has 5 nitrogen and oxygen atoms in total. The molecule has 0 unspecified atom stereocenters. The molecule has 0 fully saturated rings. The van der Waals surface area contributed by atoms with E-state index in [0.717, 1.165) is 11.0 Å². The van der Waals surface area contributed by atoms with Gasteiger partial charge in [-0.3, -0.25) is 9.69 Å². The van der Waals surface area contributed by atoms with Crippen molar-refractivity contribution in [1.82, 2.24) is 9.55 Å². The van der Waals surface area contributed by atoms with Gasteiger partial charge in [-0.2, -0.15) is 0 Å². The lowest BCUT2D eigenvalue weighted by Gasteiger charge is -2.31. The minimum atomic E-state index is -1.42. The van der Waals surface area contributed by atoms with E-state index < -0.39 is 11.4 Å². The Morgan fingerprint density at radius 1 is 1.16 bits per heavy atom. The van der Waals surface area contributed by atoms with E-state index in [1.54, 1.807) is 30.0 Å². The summed E-state index contributed by atoms with van der Waals surface area (Å²) >= 11 is 0. The number of hydrogen-bond donors (Lipinski definition) is 0. The van der Waals surface area contributed by atoms with Gasteiger partial charge < -0.3 is 9.30 Å². The first-order valence-electron chi connectivity index (χ1n) is 8.13. The van der Waals surface area contributed by atoms with Crippen molar-refractivity contribution in [2.45, 2.75) is 19.1 Å². The Balaban J connectivity index is 1.78. The lowest BCUT2D eigenvalue weighted by atomic mass is 9.93. The standard InChI is InChI=1S/C19H18FN3O2/c1-19(25-2,13-7-3-4-8-14(13)20)17(24)23-12-11-22-16-10-6-5-9-15(16)21-18(22)23/h3-10H,11-12H2,1-2H3/t19-/m1/s1. The number of para-hydroxylation sites is 2. The molecule has 0 aliphatic carbocycles. The summed E-state index contributed by atoms with van der Waals surface area (Å²) < 4.78 is 21.8. The molecular formula is C19H18FN3O2. The van der Waals surface area contributed by atoms with Gasteiger partial charge in [0, 0.05) is 25.8 Å².